The highest BCUT2D eigenvalue weighted by atomic mass is 16.6. The number of nitrogens with two attached hydrogens (primary N) is 1. The van der Waals surface area contributed by atoms with Gasteiger partial charge in [-0.25, -0.2) is 19.4 Å². The van der Waals surface area contributed by atoms with Gasteiger partial charge in [-0.15, -0.1) is 5.10 Å². The lowest BCUT2D eigenvalue weighted by Crippen LogP contribution is -2.50. The number of piperidine rings is 1. The van der Waals surface area contributed by atoms with Gasteiger partial charge in [0.2, 0.25) is 0 Å². The van der Waals surface area contributed by atoms with Crippen molar-refractivity contribution in [3.05, 3.63) is 71.1 Å². The fourth-order valence-electron chi connectivity index (χ4n) is 7.20. The third-order valence-corrected chi connectivity index (χ3v) is 10.0. The molecule has 0 spiro atoms. The van der Waals surface area contributed by atoms with E-state index in [0.717, 1.165) is 42.8 Å². The lowest BCUT2D eigenvalue weighted by atomic mass is 9.91. The van der Waals surface area contributed by atoms with Crippen molar-refractivity contribution in [3.8, 4) is 17.6 Å². The van der Waals surface area contributed by atoms with Crippen molar-refractivity contribution >= 4 is 40.2 Å². The summed E-state index contributed by atoms with van der Waals surface area (Å²) in [5.74, 6) is -1.95. The number of piperazine rings is 1. The van der Waals surface area contributed by atoms with Crippen LogP contribution >= 0.6 is 0 Å². The summed E-state index contributed by atoms with van der Waals surface area (Å²) in [5, 5.41) is 23.9. The molecule has 0 bridgehead atoms. The molecule has 2 saturated heterocycles. The van der Waals surface area contributed by atoms with Crippen LogP contribution in [-0.4, -0.2) is 133 Å². The molecule has 5 heterocycles. The number of amides is 2. The molecule has 4 aromatic rings. The fraction of sp³-hybridized carbons (Fsp3) is 0.436. The summed E-state index contributed by atoms with van der Waals surface area (Å²) in [5.41, 5.74) is 8.34. The third-order valence-electron chi connectivity index (χ3n) is 10.0. The number of allylic oxidation sites excluding steroid dienone is 1. The second-order valence-electron chi connectivity index (χ2n) is 14.5. The molecule has 0 unspecified atom stereocenters. The van der Waals surface area contributed by atoms with Gasteiger partial charge in [0, 0.05) is 51.9 Å². The van der Waals surface area contributed by atoms with Crippen LogP contribution in [0.1, 0.15) is 60.4 Å². The van der Waals surface area contributed by atoms with Crippen molar-refractivity contribution < 1.29 is 33.8 Å². The van der Waals surface area contributed by atoms with Gasteiger partial charge in [-0.3, -0.25) is 19.3 Å². The topological polar surface area (TPSA) is 226 Å². The number of carboxylic acid groups (broad SMARTS) is 1. The molecule has 2 aliphatic rings. The Morgan fingerprint density at radius 1 is 1.05 bits per heavy atom. The van der Waals surface area contributed by atoms with Gasteiger partial charge in [-0.1, -0.05) is 24.3 Å². The molecule has 2 amide bonds. The van der Waals surface area contributed by atoms with E-state index in [0.29, 0.717) is 55.4 Å². The third kappa shape index (κ3) is 8.88. The van der Waals surface area contributed by atoms with Gasteiger partial charge in [-0.05, 0) is 62.9 Å². The first-order valence-corrected chi connectivity index (χ1v) is 18.5. The maximum atomic E-state index is 13.7. The lowest BCUT2D eigenvalue weighted by molar-refractivity contribution is -0.136. The first-order valence-electron chi connectivity index (χ1n) is 18.5. The number of aliphatic carboxylic acids is 1. The predicted molar refractivity (Wildman–Crippen MR) is 204 cm³/mol. The summed E-state index contributed by atoms with van der Waals surface area (Å²) in [6.07, 6.45) is 5.60. The number of pyridine rings is 1. The average molecular weight is 767 g/mol. The Hall–Kier alpha value is -6.12. The smallest absolute Gasteiger partial charge is 0.410 e. The van der Waals surface area contributed by atoms with Crippen LogP contribution in [0, 0.1) is 11.3 Å². The van der Waals surface area contributed by atoms with Crippen LogP contribution in [0.3, 0.4) is 0 Å². The number of carbonyl (C=O) groups is 4. The number of nitrogens with zero attached hydrogens (tertiary/aromatic N) is 8. The predicted octanol–water partition coefficient (Wildman–Crippen LogP) is 2.99. The number of H-pyrrole nitrogens is 1. The second-order valence-corrected chi connectivity index (χ2v) is 14.5. The number of benzene rings is 1. The van der Waals surface area contributed by atoms with Gasteiger partial charge in [-0.2, -0.15) is 5.26 Å². The average Bonchev–Trinajstić information content (AvgIpc) is 3.84. The van der Waals surface area contributed by atoms with E-state index in [1.807, 2.05) is 38.1 Å². The van der Waals surface area contributed by atoms with Gasteiger partial charge in [0.25, 0.3) is 11.7 Å². The van der Waals surface area contributed by atoms with E-state index in [9.17, 15) is 24.4 Å². The number of carboxylic acids is 1. The van der Waals surface area contributed by atoms with Gasteiger partial charge in [0.05, 0.1) is 41.4 Å². The number of nitrogens with one attached hydrogen (secondary N) is 1. The number of rotatable bonds is 13. The summed E-state index contributed by atoms with van der Waals surface area (Å²) in [6, 6.07) is 10.0. The monoisotopic (exact) mass is 766 g/mol. The van der Waals surface area contributed by atoms with Crippen LogP contribution in [0.4, 0.5) is 4.79 Å². The Morgan fingerprint density at radius 2 is 1.80 bits per heavy atom. The quantitative estimate of drug-likeness (QED) is 0.101. The number of aromatic nitrogens is 5. The first kappa shape index (κ1) is 39.6. The maximum absolute atomic E-state index is 13.7. The van der Waals surface area contributed by atoms with Crippen LogP contribution in [0.5, 0.6) is 5.75 Å². The highest BCUT2D eigenvalue weighted by Gasteiger charge is 2.32. The molecule has 0 saturated carbocycles. The number of Topliss-reactive ketones (excluding diaryl/α,β-unsaturated/α-hetero) is 1. The highest BCUT2D eigenvalue weighted by Crippen LogP contribution is 2.33. The largest absolute Gasteiger partial charge is 0.494 e. The minimum Gasteiger partial charge on any atom is -0.494 e. The molecule has 0 atom stereocenters. The van der Waals surface area contributed by atoms with Crippen LogP contribution < -0.4 is 10.5 Å². The summed E-state index contributed by atoms with van der Waals surface area (Å²) in [6.45, 7) is 8.60. The van der Waals surface area contributed by atoms with Crippen molar-refractivity contribution in [2.24, 2.45) is 5.73 Å². The highest BCUT2D eigenvalue weighted by molar-refractivity contribution is 6.45. The summed E-state index contributed by atoms with van der Waals surface area (Å²) in [4.78, 5) is 68.4. The van der Waals surface area contributed by atoms with Crippen molar-refractivity contribution in [1.82, 2.24) is 39.4 Å². The second kappa shape index (κ2) is 17.1. The number of nitriles is 1. The van der Waals surface area contributed by atoms with Gasteiger partial charge in [0.15, 0.2) is 11.6 Å². The molecule has 4 N–H and O–H groups in total. The Kier molecular flexibility index (Phi) is 12.1. The van der Waals surface area contributed by atoms with Crippen LogP contribution in [0.2, 0.25) is 0 Å². The summed E-state index contributed by atoms with van der Waals surface area (Å²) >= 11 is 0. The van der Waals surface area contributed by atoms with E-state index in [1.165, 1.54) is 35.4 Å². The maximum Gasteiger partial charge on any atom is 0.410 e. The Balaban J connectivity index is 1.10. The number of methoxy groups -OCH3 is 1. The Morgan fingerprint density at radius 3 is 2.48 bits per heavy atom. The number of ether oxygens (including phenoxy) is 2. The molecular formula is C39H46N10O7. The first-order chi connectivity index (χ1) is 26.9. The number of hydrogen-bond acceptors (Lipinski definition) is 12. The van der Waals surface area contributed by atoms with Gasteiger partial charge in [0.1, 0.15) is 24.1 Å². The lowest BCUT2D eigenvalue weighted by Gasteiger charge is -2.36. The van der Waals surface area contributed by atoms with E-state index < -0.39 is 23.3 Å². The number of likely N-dealkylation sites (tertiary alicyclic amines) is 1. The number of hydrogen-bond donors (Lipinski definition) is 3. The zero-order chi connectivity index (χ0) is 40.0. The summed E-state index contributed by atoms with van der Waals surface area (Å²) in [7, 11) is 1.42. The number of aromatic amines is 1. The number of carbonyl (C=O) groups excluding carboxylic acids is 3. The van der Waals surface area contributed by atoms with E-state index in [4.69, 9.17) is 20.3 Å². The van der Waals surface area contributed by atoms with Crippen molar-refractivity contribution in [2.45, 2.75) is 51.6 Å². The normalized spacial score (nSPS) is 15.1. The molecule has 56 heavy (non-hydrogen) atoms. The Labute approximate surface area is 323 Å². The minimum atomic E-state index is -1.09. The zero-order valence-electron chi connectivity index (χ0n) is 31.8. The molecule has 0 radical (unpaired) electrons. The van der Waals surface area contributed by atoms with Crippen LogP contribution in [0.25, 0.3) is 22.3 Å². The summed E-state index contributed by atoms with van der Waals surface area (Å²) < 4.78 is 12.7. The zero-order valence-corrected chi connectivity index (χ0v) is 31.8. The molecular weight excluding hydrogens is 720 g/mol. The van der Waals surface area contributed by atoms with Crippen molar-refractivity contribution in [1.29, 1.82) is 5.26 Å². The van der Waals surface area contributed by atoms with Crippen molar-refractivity contribution in [3.63, 3.8) is 0 Å². The molecule has 6 rings (SSSR count). The van der Waals surface area contributed by atoms with E-state index >= 15 is 0 Å². The number of ketones is 1. The molecule has 17 nitrogen and oxygen atoms in total. The molecule has 1 aromatic carbocycles. The van der Waals surface area contributed by atoms with E-state index in [-0.39, 0.29) is 48.6 Å². The molecule has 3 aromatic heterocycles. The van der Waals surface area contributed by atoms with Gasteiger partial charge < -0.3 is 35.1 Å². The standard InChI is InChI=1S/C39H46N10O7/c1-39(2,56-38(54)48-16-14-46(15-17-48)11-5-10-40)20-25-6-4-7-27(18-25)28(21-41)26-8-12-47(13-9-26)37(53)35(52)29-22-42-34-33(29)30(55-3)23-43-36(34)49-24-44-31(45-49)19-32(50)51/h4,6-7,18,22-24,42H,5,8-17,19-20,40H2,1-3H3,(H,50,51). The van der Waals surface area contributed by atoms with Crippen LogP contribution in [0.15, 0.2) is 48.6 Å². The number of fused-ring (bicyclic) bond motifs is 1. The molecule has 2 fully saturated rings. The molecule has 0 aliphatic carbocycles. The molecule has 294 valence electrons. The fourth-order valence-corrected chi connectivity index (χ4v) is 7.20. The van der Waals surface area contributed by atoms with Crippen LogP contribution in [-0.2, 0) is 27.2 Å². The van der Waals surface area contributed by atoms with E-state index in [2.05, 4.69) is 31.0 Å². The molecule has 2 aliphatic heterocycles. The Bertz CT molecular complexity index is 2180. The minimum absolute atomic E-state index is 0.0776. The van der Waals surface area contributed by atoms with Crippen molar-refractivity contribution in [2.75, 3.05) is 59.5 Å². The van der Waals surface area contributed by atoms with E-state index in [1.54, 1.807) is 4.90 Å². The molecule has 17 heteroatoms. The SMILES string of the molecule is COc1cnc(-n2cnc(CC(=O)O)n2)c2[nH]cc(C(=O)C(=O)N3CCC(=C(C#N)c4cccc(CC(C)(C)OC(=O)N5CCN(CCCN)CC5)c4)CC3)c12. The van der Waals surface area contributed by atoms with Gasteiger partial charge >= 0.3 is 12.1 Å².